The van der Waals surface area contributed by atoms with Crippen LogP contribution >= 0.6 is 11.8 Å². The summed E-state index contributed by atoms with van der Waals surface area (Å²) in [6.07, 6.45) is 0. The highest BCUT2D eigenvalue weighted by atomic mass is 32.2. The molecule has 2 rings (SSSR count). The van der Waals surface area contributed by atoms with Crippen LogP contribution in [0.3, 0.4) is 0 Å². The second kappa shape index (κ2) is 9.76. The van der Waals surface area contributed by atoms with Gasteiger partial charge in [-0.1, -0.05) is 12.1 Å². The second-order valence-corrected chi connectivity index (χ2v) is 7.15. The lowest BCUT2D eigenvalue weighted by molar-refractivity contribution is -0.161. The van der Waals surface area contributed by atoms with Gasteiger partial charge in [-0.3, -0.25) is 4.79 Å². The maximum atomic E-state index is 13.0. The SMILES string of the molecule is CC(C)(Oc1ccc(F)cc1)C(=O)OCC(=O)Nc1ccccc1SCC#N. The van der Waals surface area contributed by atoms with E-state index in [-0.39, 0.29) is 5.75 Å². The lowest BCUT2D eigenvalue weighted by Gasteiger charge is -2.24. The van der Waals surface area contributed by atoms with Gasteiger partial charge in [0.2, 0.25) is 0 Å². The molecule has 0 spiro atoms. The Kier molecular flexibility index (Phi) is 7.41. The maximum absolute atomic E-state index is 13.0. The largest absolute Gasteiger partial charge is 0.476 e. The van der Waals surface area contributed by atoms with E-state index in [1.54, 1.807) is 24.3 Å². The summed E-state index contributed by atoms with van der Waals surface area (Å²) in [5, 5.41) is 11.3. The van der Waals surface area contributed by atoms with Crippen LogP contribution in [0.5, 0.6) is 5.75 Å². The molecule has 6 nitrogen and oxygen atoms in total. The van der Waals surface area contributed by atoms with Gasteiger partial charge in [0.25, 0.3) is 5.91 Å². The molecule has 0 radical (unpaired) electrons. The van der Waals surface area contributed by atoms with Crippen LogP contribution in [0.1, 0.15) is 13.8 Å². The van der Waals surface area contributed by atoms with Crippen LogP contribution in [-0.4, -0.2) is 29.8 Å². The molecule has 0 aliphatic rings. The van der Waals surface area contributed by atoms with Gasteiger partial charge in [0, 0.05) is 4.90 Å². The molecule has 0 heterocycles. The molecule has 28 heavy (non-hydrogen) atoms. The number of anilines is 1. The number of benzene rings is 2. The highest BCUT2D eigenvalue weighted by molar-refractivity contribution is 7.99. The fourth-order valence-corrected chi connectivity index (χ4v) is 2.81. The van der Waals surface area contributed by atoms with Crippen LogP contribution in [0.25, 0.3) is 0 Å². The summed E-state index contributed by atoms with van der Waals surface area (Å²) in [6.45, 7) is 2.49. The van der Waals surface area contributed by atoms with Crippen LogP contribution in [0, 0.1) is 17.1 Å². The first-order valence-electron chi connectivity index (χ1n) is 8.32. The van der Waals surface area contributed by atoms with E-state index in [4.69, 9.17) is 14.7 Å². The van der Waals surface area contributed by atoms with Crippen molar-refractivity contribution >= 4 is 29.3 Å². The molecule has 1 amide bonds. The molecule has 0 aliphatic heterocycles. The van der Waals surface area contributed by atoms with Crippen LogP contribution in [-0.2, 0) is 14.3 Å². The first-order chi connectivity index (χ1) is 13.3. The number of thioether (sulfide) groups is 1. The Morgan fingerprint density at radius 1 is 1.18 bits per heavy atom. The summed E-state index contributed by atoms with van der Waals surface area (Å²) in [7, 11) is 0. The number of carbonyl (C=O) groups excluding carboxylic acids is 2. The Morgan fingerprint density at radius 2 is 1.86 bits per heavy atom. The molecule has 0 saturated heterocycles. The van der Waals surface area contributed by atoms with E-state index < -0.39 is 29.9 Å². The average Bonchev–Trinajstić information content (AvgIpc) is 2.67. The zero-order chi connectivity index (χ0) is 20.6. The average molecular weight is 402 g/mol. The van der Waals surface area contributed by atoms with Crippen molar-refractivity contribution in [2.45, 2.75) is 24.3 Å². The number of para-hydroxylation sites is 1. The van der Waals surface area contributed by atoms with Crippen LogP contribution in [0.15, 0.2) is 53.4 Å². The first kappa shape index (κ1) is 21.3. The Bertz CT molecular complexity index is 879. The third-order valence-electron chi connectivity index (χ3n) is 3.47. The fraction of sp³-hybridized carbons (Fsp3) is 0.250. The quantitative estimate of drug-likeness (QED) is 0.534. The summed E-state index contributed by atoms with van der Waals surface area (Å²) < 4.78 is 23.5. The zero-order valence-corrected chi connectivity index (χ0v) is 16.2. The summed E-state index contributed by atoms with van der Waals surface area (Å²) >= 11 is 1.29. The number of halogens is 1. The van der Waals surface area contributed by atoms with Gasteiger partial charge in [-0.2, -0.15) is 5.26 Å². The molecule has 0 bridgehead atoms. The van der Waals surface area contributed by atoms with Crippen molar-refractivity contribution in [1.82, 2.24) is 0 Å². The standard InChI is InChI=1S/C20H19FN2O4S/c1-20(2,27-15-9-7-14(21)8-10-15)19(25)26-13-18(24)23-16-5-3-4-6-17(16)28-12-11-22/h3-10H,12-13H2,1-2H3,(H,23,24). The zero-order valence-electron chi connectivity index (χ0n) is 15.4. The molecule has 0 saturated carbocycles. The van der Waals surface area contributed by atoms with Crippen molar-refractivity contribution in [2.24, 2.45) is 0 Å². The van der Waals surface area contributed by atoms with Crippen molar-refractivity contribution < 1.29 is 23.5 Å². The number of hydrogen-bond donors (Lipinski definition) is 1. The van der Waals surface area contributed by atoms with Crippen molar-refractivity contribution in [1.29, 1.82) is 5.26 Å². The minimum atomic E-state index is -1.36. The van der Waals surface area contributed by atoms with Gasteiger partial charge < -0.3 is 14.8 Å². The Morgan fingerprint density at radius 3 is 2.54 bits per heavy atom. The van der Waals surface area contributed by atoms with Gasteiger partial charge >= 0.3 is 5.97 Å². The van der Waals surface area contributed by atoms with E-state index in [0.29, 0.717) is 11.4 Å². The number of nitrogens with one attached hydrogen (secondary N) is 1. The lowest BCUT2D eigenvalue weighted by atomic mass is 10.1. The van der Waals surface area contributed by atoms with E-state index in [1.807, 2.05) is 6.07 Å². The summed E-state index contributed by atoms with van der Waals surface area (Å²) in [6, 6.07) is 14.3. The summed E-state index contributed by atoms with van der Waals surface area (Å²) in [5.41, 5.74) is -0.829. The third-order valence-corrected chi connectivity index (χ3v) is 4.41. The van der Waals surface area contributed by atoms with Gasteiger partial charge in [0.05, 0.1) is 17.5 Å². The van der Waals surface area contributed by atoms with Crippen molar-refractivity contribution in [3.63, 3.8) is 0 Å². The van der Waals surface area contributed by atoms with E-state index in [1.165, 1.54) is 49.9 Å². The third kappa shape index (κ3) is 6.28. The summed E-state index contributed by atoms with van der Waals surface area (Å²) in [4.78, 5) is 25.1. The van der Waals surface area contributed by atoms with Gasteiger partial charge in [-0.15, -0.1) is 11.8 Å². The van der Waals surface area contributed by atoms with Crippen molar-refractivity contribution in [3.05, 3.63) is 54.3 Å². The van der Waals surface area contributed by atoms with Gasteiger partial charge in [0.15, 0.2) is 12.2 Å². The molecular formula is C20H19FN2O4S. The molecule has 0 atom stereocenters. The normalized spacial score (nSPS) is 10.6. The minimum Gasteiger partial charge on any atom is -0.476 e. The Balaban J connectivity index is 1.90. The van der Waals surface area contributed by atoms with E-state index in [9.17, 15) is 14.0 Å². The number of nitriles is 1. The molecule has 2 aromatic carbocycles. The summed E-state index contributed by atoms with van der Waals surface area (Å²) in [5.74, 6) is -1.12. The maximum Gasteiger partial charge on any atom is 0.350 e. The van der Waals surface area contributed by atoms with Gasteiger partial charge in [0.1, 0.15) is 11.6 Å². The minimum absolute atomic E-state index is 0.247. The smallest absolute Gasteiger partial charge is 0.350 e. The Labute approximate surface area is 166 Å². The van der Waals surface area contributed by atoms with Crippen LogP contribution < -0.4 is 10.1 Å². The van der Waals surface area contributed by atoms with E-state index >= 15 is 0 Å². The molecule has 0 aliphatic carbocycles. The molecule has 0 aromatic heterocycles. The number of nitrogens with zero attached hydrogens (tertiary/aromatic N) is 1. The van der Waals surface area contributed by atoms with Crippen molar-refractivity contribution in [2.75, 3.05) is 17.7 Å². The molecule has 0 fully saturated rings. The van der Waals surface area contributed by atoms with Gasteiger partial charge in [-0.05, 0) is 50.2 Å². The number of carbonyl (C=O) groups is 2. The lowest BCUT2D eigenvalue weighted by Crippen LogP contribution is -2.41. The highest BCUT2D eigenvalue weighted by Crippen LogP contribution is 2.26. The topological polar surface area (TPSA) is 88.4 Å². The monoisotopic (exact) mass is 402 g/mol. The Hall–Kier alpha value is -3.05. The van der Waals surface area contributed by atoms with Crippen LogP contribution in [0.2, 0.25) is 0 Å². The predicted octanol–water partition coefficient (Wildman–Crippen LogP) is 3.78. The van der Waals surface area contributed by atoms with Crippen molar-refractivity contribution in [3.8, 4) is 11.8 Å². The fourth-order valence-electron chi connectivity index (χ4n) is 2.14. The number of hydrogen-bond acceptors (Lipinski definition) is 6. The molecule has 8 heteroatoms. The molecule has 1 N–H and O–H groups in total. The molecule has 2 aromatic rings. The number of rotatable bonds is 8. The van der Waals surface area contributed by atoms with E-state index in [2.05, 4.69) is 5.32 Å². The highest BCUT2D eigenvalue weighted by Gasteiger charge is 2.32. The number of ether oxygens (including phenoxy) is 2. The molecular weight excluding hydrogens is 383 g/mol. The number of esters is 1. The first-order valence-corrected chi connectivity index (χ1v) is 9.31. The predicted molar refractivity (Wildman–Crippen MR) is 103 cm³/mol. The second-order valence-electron chi connectivity index (χ2n) is 6.13. The van der Waals surface area contributed by atoms with Gasteiger partial charge in [-0.25, -0.2) is 9.18 Å². The molecule has 146 valence electrons. The van der Waals surface area contributed by atoms with Crippen LogP contribution in [0.4, 0.5) is 10.1 Å². The number of amides is 1. The molecule has 0 unspecified atom stereocenters. The van der Waals surface area contributed by atoms with E-state index in [0.717, 1.165) is 4.90 Å².